The molecule has 3 rings (SSSR count). The number of morpholine rings is 1. The topological polar surface area (TPSA) is 58.2 Å². The number of ether oxygens (including phenoxy) is 1. The highest BCUT2D eigenvalue weighted by molar-refractivity contribution is 7.98. The van der Waals surface area contributed by atoms with Gasteiger partial charge in [0, 0.05) is 18.8 Å². The zero-order chi connectivity index (χ0) is 14.5. The Morgan fingerprint density at radius 1 is 1.24 bits per heavy atom. The Morgan fingerprint density at radius 2 is 2.00 bits per heavy atom. The van der Waals surface area contributed by atoms with E-state index in [2.05, 4.69) is 27.2 Å². The Labute approximate surface area is 127 Å². The second-order valence-corrected chi connectivity index (χ2v) is 5.77. The van der Waals surface area contributed by atoms with Crippen molar-refractivity contribution in [1.29, 1.82) is 0 Å². The number of nitrogens with zero attached hydrogens (tertiary/aromatic N) is 2. The number of benzene rings is 1. The maximum atomic E-state index is 12.1. The molecule has 2 aromatic rings. The molecule has 6 heteroatoms. The molecular weight excluding hydrogens is 286 g/mol. The second-order valence-electron chi connectivity index (χ2n) is 4.79. The van der Waals surface area contributed by atoms with Gasteiger partial charge < -0.3 is 9.64 Å². The maximum absolute atomic E-state index is 12.1. The van der Waals surface area contributed by atoms with Crippen molar-refractivity contribution in [3.05, 3.63) is 52.4 Å². The van der Waals surface area contributed by atoms with E-state index in [0.717, 1.165) is 29.4 Å². The largest absolute Gasteiger partial charge is 0.378 e. The third-order valence-corrected chi connectivity index (χ3v) is 4.53. The second kappa shape index (κ2) is 6.78. The van der Waals surface area contributed by atoms with E-state index >= 15 is 0 Å². The van der Waals surface area contributed by atoms with Crippen molar-refractivity contribution in [1.82, 2.24) is 10.2 Å². The predicted octanol–water partition coefficient (Wildman–Crippen LogP) is 1.90. The molecule has 0 aliphatic carbocycles. The number of hydrogen-bond donors (Lipinski definition) is 1. The van der Waals surface area contributed by atoms with Crippen LogP contribution in [-0.2, 0) is 10.5 Å². The molecule has 1 aliphatic rings. The summed E-state index contributed by atoms with van der Waals surface area (Å²) in [6.07, 6.45) is 1.74. The van der Waals surface area contributed by atoms with E-state index in [-0.39, 0.29) is 5.56 Å². The van der Waals surface area contributed by atoms with Crippen LogP contribution in [0.25, 0.3) is 0 Å². The van der Waals surface area contributed by atoms with Gasteiger partial charge in [-0.1, -0.05) is 30.3 Å². The first kappa shape index (κ1) is 14.2. The minimum absolute atomic E-state index is 0.125. The lowest BCUT2D eigenvalue weighted by Gasteiger charge is -2.29. The summed E-state index contributed by atoms with van der Waals surface area (Å²) in [5.41, 5.74) is 1.98. The highest BCUT2D eigenvalue weighted by Gasteiger charge is 2.17. The van der Waals surface area contributed by atoms with Crippen LogP contribution in [0.15, 0.2) is 46.2 Å². The molecule has 1 saturated heterocycles. The molecule has 5 nitrogen and oxygen atoms in total. The summed E-state index contributed by atoms with van der Waals surface area (Å²) in [5, 5.41) is 6.47. The fourth-order valence-corrected chi connectivity index (χ4v) is 3.29. The number of rotatable bonds is 4. The molecule has 0 saturated carbocycles. The summed E-state index contributed by atoms with van der Waals surface area (Å²) < 4.78 is 5.37. The third kappa shape index (κ3) is 3.46. The lowest BCUT2D eigenvalue weighted by Crippen LogP contribution is -2.37. The molecule has 0 bridgehead atoms. The van der Waals surface area contributed by atoms with Gasteiger partial charge >= 0.3 is 0 Å². The van der Waals surface area contributed by atoms with Crippen molar-refractivity contribution in [2.75, 3.05) is 31.2 Å². The first-order chi connectivity index (χ1) is 10.3. The van der Waals surface area contributed by atoms with Crippen LogP contribution in [0.4, 0.5) is 5.69 Å². The van der Waals surface area contributed by atoms with Crippen LogP contribution in [0, 0.1) is 0 Å². The maximum Gasteiger partial charge on any atom is 0.279 e. The average Bonchev–Trinajstić information content (AvgIpc) is 2.55. The molecule has 21 heavy (non-hydrogen) atoms. The molecule has 1 N–H and O–H groups in total. The molecule has 1 fully saturated rings. The van der Waals surface area contributed by atoms with E-state index < -0.39 is 0 Å². The third-order valence-electron chi connectivity index (χ3n) is 3.37. The van der Waals surface area contributed by atoms with Crippen LogP contribution in [-0.4, -0.2) is 36.5 Å². The van der Waals surface area contributed by atoms with Crippen molar-refractivity contribution < 1.29 is 4.74 Å². The van der Waals surface area contributed by atoms with Crippen LogP contribution in [0.1, 0.15) is 5.56 Å². The number of hydrogen-bond acceptors (Lipinski definition) is 5. The molecule has 0 atom stereocenters. The Balaban J connectivity index is 1.81. The summed E-state index contributed by atoms with van der Waals surface area (Å²) in [5.74, 6) is 0.769. The highest BCUT2D eigenvalue weighted by Crippen LogP contribution is 2.28. The molecular formula is C15H17N3O2S. The van der Waals surface area contributed by atoms with E-state index in [4.69, 9.17) is 4.74 Å². The van der Waals surface area contributed by atoms with Crippen molar-refractivity contribution >= 4 is 17.4 Å². The van der Waals surface area contributed by atoms with E-state index in [1.807, 2.05) is 18.2 Å². The molecule has 0 amide bonds. The highest BCUT2D eigenvalue weighted by atomic mass is 32.2. The quantitative estimate of drug-likeness (QED) is 0.874. The van der Waals surface area contributed by atoms with Gasteiger partial charge in [-0.05, 0) is 5.56 Å². The first-order valence-electron chi connectivity index (χ1n) is 6.92. The van der Waals surface area contributed by atoms with Gasteiger partial charge in [0.25, 0.3) is 5.56 Å². The van der Waals surface area contributed by atoms with Gasteiger partial charge in [-0.3, -0.25) is 4.79 Å². The molecule has 1 aromatic carbocycles. The Morgan fingerprint density at radius 3 is 2.76 bits per heavy atom. The monoisotopic (exact) mass is 303 g/mol. The Kier molecular flexibility index (Phi) is 4.57. The number of nitrogens with one attached hydrogen (secondary N) is 1. The molecule has 110 valence electrons. The van der Waals surface area contributed by atoms with E-state index in [9.17, 15) is 4.79 Å². The van der Waals surface area contributed by atoms with Gasteiger partial charge in [0.2, 0.25) is 0 Å². The van der Waals surface area contributed by atoms with Crippen LogP contribution in [0.2, 0.25) is 0 Å². The molecule has 1 aliphatic heterocycles. The minimum Gasteiger partial charge on any atom is -0.378 e. The number of aromatic amines is 1. The average molecular weight is 303 g/mol. The molecule has 2 heterocycles. The first-order valence-corrected chi connectivity index (χ1v) is 7.90. The van der Waals surface area contributed by atoms with E-state index in [1.165, 1.54) is 5.56 Å². The molecule has 1 aromatic heterocycles. The Bertz CT molecular complexity index is 639. The smallest absolute Gasteiger partial charge is 0.279 e. The van der Waals surface area contributed by atoms with Gasteiger partial charge in [-0.15, -0.1) is 11.8 Å². The summed E-state index contributed by atoms with van der Waals surface area (Å²) >= 11 is 1.55. The van der Waals surface area contributed by atoms with Gasteiger partial charge in [-0.2, -0.15) is 5.10 Å². The molecule has 0 radical (unpaired) electrons. The number of anilines is 1. The van der Waals surface area contributed by atoms with Crippen molar-refractivity contribution in [2.45, 2.75) is 10.6 Å². The number of H-pyrrole nitrogens is 1. The van der Waals surface area contributed by atoms with Gasteiger partial charge in [0.15, 0.2) is 0 Å². The zero-order valence-electron chi connectivity index (χ0n) is 11.6. The molecule has 0 spiro atoms. The molecule has 0 unspecified atom stereocenters. The van der Waals surface area contributed by atoms with Crippen LogP contribution in [0.5, 0.6) is 0 Å². The van der Waals surface area contributed by atoms with Crippen LogP contribution in [0.3, 0.4) is 0 Å². The van der Waals surface area contributed by atoms with Crippen molar-refractivity contribution in [3.8, 4) is 0 Å². The SMILES string of the molecule is O=c1[nH]ncc(N2CCOCC2)c1SCc1ccccc1. The van der Waals surface area contributed by atoms with Gasteiger partial charge in [-0.25, -0.2) is 5.10 Å². The van der Waals surface area contributed by atoms with Crippen LogP contribution >= 0.6 is 11.8 Å². The number of aromatic nitrogens is 2. The zero-order valence-corrected chi connectivity index (χ0v) is 12.4. The van der Waals surface area contributed by atoms with Crippen LogP contribution < -0.4 is 10.5 Å². The Hall–Kier alpha value is -1.79. The normalized spacial score (nSPS) is 15.1. The summed E-state index contributed by atoms with van der Waals surface area (Å²) in [4.78, 5) is 15.0. The number of thioether (sulfide) groups is 1. The van der Waals surface area contributed by atoms with Gasteiger partial charge in [0.1, 0.15) is 0 Å². The fourth-order valence-electron chi connectivity index (χ4n) is 2.28. The standard InChI is InChI=1S/C15H17N3O2S/c19-15-14(21-11-12-4-2-1-3-5-12)13(10-16-17-15)18-6-8-20-9-7-18/h1-5,10H,6-9,11H2,(H,17,19). The van der Waals surface area contributed by atoms with E-state index in [1.54, 1.807) is 18.0 Å². The van der Waals surface area contributed by atoms with Crippen molar-refractivity contribution in [3.63, 3.8) is 0 Å². The van der Waals surface area contributed by atoms with E-state index in [0.29, 0.717) is 13.2 Å². The minimum atomic E-state index is -0.125. The van der Waals surface area contributed by atoms with Crippen molar-refractivity contribution in [2.24, 2.45) is 0 Å². The fraction of sp³-hybridized carbons (Fsp3) is 0.333. The summed E-state index contributed by atoms with van der Waals surface area (Å²) in [6.45, 7) is 2.97. The lowest BCUT2D eigenvalue weighted by atomic mass is 10.2. The summed E-state index contributed by atoms with van der Waals surface area (Å²) in [6, 6.07) is 10.1. The lowest BCUT2D eigenvalue weighted by molar-refractivity contribution is 0.122. The van der Waals surface area contributed by atoms with Gasteiger partial charge in [0.05, 0.1) is 30.0 Å². The predicted molar refractivity (Wildman–Crippen MR) is 83.9 cm³/mol. The summed E-state index contributed by atoms with van der Waals surface area (Å²) in [7, 11) is 0.